The van der Waals surface area contributed by atoms with Gasteiger partial charge in [0, 0.05) is 33.8 Å². The first-order chi connectivity index (χ1) is 20.1. The zero-order valence-electron chi connectivity index (χ0n) is 23.3. The highest BCUT2D eigenvalue weighted by Gasteiger charge is 2.36. The predicted octanol–water partition coefficient (Wildman–Crippen LogP) is 10.5. The average Bonchev–Trinajstić information content (AvgIpc) is 3.45. The minimum atomic E-state index is -0.0186. The molecule has 0 radical (unpaired) electrons. The van der Waals surface area contributed by atoms with Gasteiger partial charge in [-0.05, 0) is 86.0 Å². The van der Waals surface area contributed by atoms with Crippen LogP contribution in [0.3, 0.4) is 0 Å². The third-order valence-corrected chi connectivity index (χ3v) is 9.60. The molecule has 0 amide bonds. The van der Waals surface area contributed by atoms with E-state index in [1.807, 2.05) is 0 Å². The van der Waals surface area contributed by atoms with Gasteiger partial charge in [-0.1, -0.05) is 111 Å². The molecule has 0 atom stereocenters. The summed E-state index contributed by atoms with van der Waals surface area (Å²) < 4.78 is 2.58. The lowest BCUT2D eigenvalue weighted by molar-refractivity contribution is 0.660. The molecule has 41 heavy (non-hydrogen) atoms. The van der Waals surface area contributed by atoms with Crippen molar-refractivity contribution in [1.82, 2.24) is 4.57 Å². The van der Waals surface area contributed by atoms with Crippen molar-refractivity contribution in [2.24, 2.45) is 0 Å². The van der Waals surface area contributed by atoms with E-state index in [9.17, 15) is 0 Å². The SMILES string of the molecule is CC1(C)c2ccccc2-c2cc3c4cc(-c5cccc(-c6ccccc6)c5)cc5c4n(c3cc21)Cc1ccccc1-5. The Bertz CT molecular complexity index is 2190. The second-order valence-corrected chi connectivity index (χ2v) is 12.2. The first kappa shape index (κ1) is 22.9. The topological polar surface area (TPSA) is 4.93 Å². The molecule has 0 spiro atoms. The van der Waals surface area contributed by atoms with Crippen LogP contribution in [-0.4, -0.2) is 4.57 Å². The molecule has 2 heterocycles. The number of hydrogen-bond donors (Lipinski definition) is 0. The molecule has 0 saturated heterocycles. The molecule has 194 valence electrons. The van der Waals surface area contributed by atoms with Crippen LogP contribution in [0.2, 0.25) is 0 Å². The molecular formula is C40H29N. The maximum atomic E-state index is 2.58. The lowest BCUT2D eigenvalue weighted by Crippen LogP contribution is -2.15. The third-order valence-electron chi connectivity index (χ3n) is 9.60. The highest BCUT2D eigenvalue weighted by Crippen LogP contribution is 2.52. The summed E-state index contributed by atoms with van der Waals surface area (Å²) in [5.74, 6) is 0. The zero-order chi connectivity index (χ0) is 27.3. The summed E-state index contributed by atoms with van der Waals surface area (Å²) in [6, 6.07) is 47.5. The molecule has 0 unspecified atom stereocenters. The fraction of sp³-hybridized carbons (Fsp3) is 0.100. The number of rotatable bonds is 2. The summed E-state index contributed by atoms with van der Waals surface area (Å²) in [5, 5.41) is 2.69. The van der Waals surface area contributed by atoms with E-state index in [0.29, 0.717) is 0 Å². The van der Waals surface area contributed by atoms with Gasteiger partial charge in [0.25, 0.3) is 0 Å². The fourth-order valence-electron chi connectivity index (χ4n) is 7.56. The molecule has 9 rings (SSSR count). The monoisotopic (exact) mass is 523 g/mol. The summed E-state index contributed by atoms with van der Waals surface area (Å²) in [4.78, 5) is 0. The Labute approximate surface area is 240 Å². The first-order valence-corrected chi connectivity index (χ1v) is 14.6. The van der Waals surface area contributed by atoms with Crippen molar-refractivity contribution in [3.8, 4) is 44.5 Å². The van der Waals surface area contributed by atoms with Gasteiger partial charge in [0.1, 0.15) is 0 Å². The van der Waals surface area contributed by atoms with Crippen molar-refractivity contribution in [1.29, 1.82) is 0 Å². The molecule has 6 aromatic carbocycles. The van der Waals surface area contributed by atoms with Gasteiger partial charge in [-0.2, -0.15) is 0 Å². The molecule has 1 heteroatoms. The van der Waals surface area contributed by atoms with Gasteiger partial charge < -0.3 is 4.57 Å². The highest BCUT2D eigenvalue weighted by atomic mass is 15.0. The summed E-state index contributed by atoms with van der Waals surface area (Å²) in [7, 11) is 0. The van der Waals surface area contributed by atoms with Crippen molar-refractivity contribution in [2.45, 2.75) is 25.8 Å². The maximum Gasteiger partial charge on any atom is 0.0574 e. The van der Waals surface area contributed by atoms with E-state index in [-0.39, 0.29) is 5.41 Å². The molecular weight excluding hydrogens is 494 g/mol. The van der Waals surface area contributed by atoms with Gasteiger partial charge in [0.05, 0.1) is 5.52 Å². The number of aromatic nitrogens is 1. The van der Waals surface area contributed by atoms with Crippen LogP contribution in [0, 0.1) is 0 Å². The van der Waals surface area contributed by atoms with E-state index in [1.165, 1.54) is 83.0 Å². The van der Waals surface area contributed by atoms with Crippen molar-refractivity contribution in [3.63, 3.8) is 0 Å². The molecule has 2 aliphatic rings. The summed E-state index contributed by atoms with van der Waals surface area (Å²) in [6.45, 7) is 5.65. The largest absolute Gasteiger partial charge is 0.335 e. The van der Waals surface area contributed by atoms with E-state index >= 15 is 0 Å². The molecule has 0 fully saturated rings. The molecule has 1 aliphatic carbocycles. The number of hydrogen-bond acceptors (Lipinski definition) is 0. The van der Waals surface area contributed by atoms with Crippen molar-refractivity contribution in [2.75, 3.05) is 0 Å². The van der Waals surface area contributed by atoms with Crippen LogP contribution in [0.5, 0.6) is 0 Å². The fourth-order valence-corrected chi connectivity index (χ4v) is 7.56. The zero-order valence-corrected chi connectivity index (χ0v) is 23.3. The van der Waals surface area contributed by atoms with Gasteiger partial charge in [0.15, 0.2) is 0 Å². The Morgan fingerprint density at radius 2 is 1.20 bits per heavy atom. The Hall–Kier alpha value is -4.88. The number of fused-ring (bicyclic) bond motifs is 8. The quantitative estimate of drug-likeness (QED) is 0.212. The van der Waals surface area contributed by atoms with Crippen LogP contribution in [0.1, 0.15) is 30.5 Å². The van der Waals surface area contributed by atoms with Crippen molar-refractivity contribution < 1.29 is 0 Å². The molecule has 0 N–H and O–H groups in total. The standard InChI is InChI=1S/C40H29N/c1-40(2)36-18-9-8-17-31(36)32-22-33-35-21-29(27-15-10-14-26(19-27)25-11-4-3-5-12-25)20-34-30-16-7-6-13-28(30)24-41(39(34)35)38(33)23-37(32)40/h3-23H,24H2,1-2H3. The predicted molar refractivity (Wildman–Crippen MR) is 172 cm³/mol. The van der Waals surface area contributed by atoms with Crippen molar-refractivity contribution >= 4 is 21.8 Å². The molecule has 1 aliphatic heterocycles. The maximum absolute atomic E-state index is 2.58. The number of nitrogens with zero attached hydrogens (tertiary/aromatic N) is 1. The molecule has 0 saturated carbocycles. The Kier molecular flexibility index (Phi) is 4.51. The van der Waals surface area contributed by atoms with Crippen LogP contribution in [-0.2, 0) is 12.0 Å². The Morgan fingerprint density at radius 1 is 0.488 bits per heavy atom. The van der Waals surface area contributed by atoms with Gasteiger partial charge >= 0.3 is 0 Å². The second-order valence-electron chi connectivity index (χ2n) is 12.2. The summed E-state index contributed by atoms with van der Waals surface area (Å²) in [5.41, 5.74) is 17.4. The van der Waals surface area contributed by atoms with Crippen molar-refractivity contribution in [3.05, 3.63) is 144 Å². The van der Waals surface area contributed by atoms with Crippen LogP contribution in [0.15, 0.2) is 127 Å². The minimum Gasteiger partial charge on any atom is -0.335 e. The minimum absolute atomic E-state index is 0.0186. The Morgan fingerprint density at radius 3 is 2.05 bits per heavy atom. The highest BCUT2D eigenvalue weighted by molar-refractivity contribution is 6.16. The molecule has 7 aromatic rings. The first-order valence-electron chi connectivity index (χ1n) is 14.6. The van der Waals surface area contributed by atoms with Gasteiger partial charge in [-0.3, -0.25) is 0 Å². The van der Waals surface area contributed by atoms with E-state index in [2.05, 4.69) is 146 Å². The smallest absolute Gasteiger partial charge is 0.0574 e. The normalized spacial score (nSPS) is 14.2. The third kappa shape index (κ3) is 3.12. The van der Waals surface area contributed by atoms with Crippen LogP contribution in [0.25, 0.3) is 66.3 Å². The lowest BCUT2D eigenvalue weighted by atomic mass is 9.82. The molecule has 1 aromatic heterocycles. The van der Waals surface area contributed by atoms with E-state index in [0.717, 1.165) is 6.54 Å². The number of benzene rings is 6. The van der Waals surface area contributed by atoms with Gasteiger partial charge in [0.2, 0.25) is 0 Å². The van der Waals surface area contributed by atoms with Crippen LogP contribution >= 0.6 is 0 Å². The Balaban J connectivity index is 1.36. The summed E-state index contributed by atoms with van der Waals surface area (Å²) in [6.07, 6.45) is 0. The summed E-state index contributed by atoms with van der Waals surface area (Å²) >= 11 is 0. The van der Waals surface area contributed by atoms with Crippen LogP contribution < -0.4 is 0 Å². The van der Waals surface area contributed by atoms with Gasteiger partial charge in [-0.15, -0.1) is 0 Å². The van der Waals surface area contributed by atoms with E-state index < -0.39 is 0 Å². The second kappa shape index (κ2) is 8.08. The molecule has 1 nitrogen and oxygen atoms in total. The van der Waals surface area contributed by atoms with Crippen LogP contribution in [0.4, 0.5) is 0 Å². The van der Waals surface area contributed by atoms with E-state index in [4.69, 9.17) is 0 Å². The van der Waals surface area contributed by atoms with E-state index in [1.54, 1.807) is 0 Å². The lowest BCUT2D eigenvalue weighted by Gasteiger charge is -2.23. The molecule has 0 bridgehead atoms. The average molecular weight is 524 g/mol. The van der Waals surface area contributed by atoms with Gasteiger partial charge in [-0.25, -0.2) is 0 Å².